The minimum atomic E-state index is -1.40. The Hall–Kier alpha value is -9.88. The van der Waals surface area contributed by atoms with Gasteiger partial charge in [0, 0.05) is 0 Å². The van der Waals surface area contributed by atoms with Gasteiger partial charge < -0.3 is 85.6 Å². The van der Waals surface area contributed by atoms with Crippen molar-refractivity contribution < 1.29 is 85.6 Å². The summed E-state index contributed by atoms with van der Waals surface area (Å²) in [4.78, 5) is 0. The molecular weight excluding hydrogens is 1480 g/mol. The number of aliphatic hydroxyl groups is 1. The Morgan fingerprint density at radius 3 is 0.863 bits per heavy atom. The lowest BCUT2D eigenvalue weighted by atomic mass is 9.83. The molecule has 2 aliphatic heterocycles. The summed E-state index contributed by atoms with van der Waals surface area (Å²) in [6, 6.07) is 104. The van der Waals surface area contributed by atoms with Crippen molar-refractivity contribution in [2.45, 2.75) is 164 Å². The molecule has 1 N–H and O–H groups in total. The summed E-state index contributed by atoms with van der Waals surface area (Å²) in [5, 5.41) is 12.0. The standard InChI is InChI=1S/C99H104O18/c1-4-56-104-93-94(116-98-96(112-66-77-46-28-12-29-47-77)88(107-62-73-38-20-8-21-39-73)86(84(58-100)114-98)105-60-71-34-16-6-17-35-71)92(111-68-79-50-52-80(53-51-79)81-54-55-82(101-2)83(57-81)102-3)90(109-64-75-42-24-10-25-43-75)91(110-65-76-44-26-11-27-45-76)95(93)117-99-97(113-67-78-48-30-13-31-49-78)89(108-63-74-40-22-9-23-41-74)87(106-61-72-36-18-7-19-37-72)85(115-99)69-103-59-70-32-14-5-15-33-70/h4-55,57,84-100H,1,56,58-69H2,2-3H3/t84-,85-,86-,87-,88+,89+,90+,91+,92-,93-,94-,95-,96+,97+,98-,99-/m1/s1. The minimum absolute atomic E-state index is 0.0145. The van der Waals surface area contributed by atoms with Crippen LogP contribution in [0.4, 0.5) is 0 Å². The van der Waals surface area contributed by atoms with E-state index in [4.69, 9.17) is 80.5 Å². The van der Waals surface area contributed by atoms with E-state index in [0.717, 1.165) is 66.8 Å². The molecule has 1 aliphatic carbocycles. The molecule has 2 saturated heterocycles. The van der Waals surface area contributed by atoms with Gasteiger partial charge in [0.15, 0.2) is 24.1 Å². The van der Waals surface area contributed by atoms with Gasteiger partial charge in [-0.1, -0.05) is 309 Å². The molecule has 0 spiro atoms. The second kappa shape index (κ2) is 44.1. The van der Waals surface area contributed by atoms with Crippen molar-refractivity contribution in [1.82, 2.24) is 0 Å². The van der Waals surface area contributed by atoms with Crippen LogP contribution in [0, 0.1) is 0 Å². The van der Waals surface area contributed by atoms with Crippen LogP contribution in [-0.4, -0.2) is 137 Å². The van der Waals surface area contributed by atoms with Crippen LogP contribution in [0.25, 0.3) is 11.1 Å². The fourth-order valence-electron chi connectivity index (χ4n) is 15.1. The predicted octanol–water partition coefficient (Wildman–Crippen LogP) is 17.0. The molecule has 0 amide bonds. The van der Waals surface area contributed by atoms with Crippen molar-refractivity contribution in [3.8, 4) is 22.6 Å². The van der Waals surface area contributed by atoms with Crippen LogP contribution in [0.15, 0.2) is 328 Å². The van der Waals surface area contributed by atoms with Gasteiger partial charge in [0.2, 0.25) is 0 Å². The number of methoxy groups -OCH3 is 2. The van der Waals surface area contributed by atoms with Gasteiger partial charge >= 0.3 is 0 Å². The highest BCUT2D eigenvalue weighted by Crippen LogP contribution is 2.43. The van der Waals surface area contributed by atoms with Gasteiger partial charge in [-0.25, -0.2) is 0 Å². The minimum Gasteiger partial charge on any atom is -0.493 e. The quantitative estimate of drug-likeness (QED) is 0.0357. The lowest BCUT2D eigenvalue weighted by Crippen LogP contribution is -2.71. The van der Waals surface area contributed by atoms with Gasteiger partial charge in [0.1, 0.15) is 85.5 Å². The van der Waals surface area contributed by atoms with Gasteiger partial charge in [0.25, 0.3) is 0 Å². The molecule has 1 saturated carbocycles. The number of ether oxygens (including phenoxy) is 17. The van der Waals surface area contributed by atoms with Gasteiger partial charge in [0.05, 0.1) is 100 Å². The van der Waals surface area contributed by atoms with Gasteiger partial charge in [-0.15, -0.1) is 6.58 Å². The predicted molar refractivity (Wildman–Crippen MR) is 444 cm³/mol. The Kier molecular flexibility index (Phi) is 31.5. The summed E-state index contributed by atoms with van der Waals surface area (Å²) in [7, 11) is 3.24. The van der Waals surface area contributed by atoms with Crippen LogP contribution in [0.3, 0.4) is 0 Å². The molecule has 0 radical (unpaired) electrons. The molecule has 0 bridgehead atoms. The molecule has 11 aromatic rings. The third kappa shape index (κ3) is 23.3. The van der Waals surface area contributed by atoms with Crippen molar-refractivity contribution in [1.29, 1.82) is 0 Å². The third-order valence-electron chi connectivity index (χ3n) is 21.1. The second-order valence-electron chi connectivity index (χ2n) is 29.2. The first kappa shape index (κ1) is 83.6. The highest BCUT2D eigenvalue weighted by Gasteiger charge is 2.60. The van der Waals surface area contributed by atoms with E-state index in [1.165, 1.54) is 0 Å². The molecule has 0 aromatic heterocycles. The number of rotatable bonds is 42. The molecule has 117 heavy (non-hydrogen) atoms. The Bertz CT molecular complexity index is 4630. The van der Waals surface area contributed by atoms with Crippen LogP contribution < -0.4 is 9.47 Å². The number of benzene rings is 11. The summed E-state index contributed by atoms with van der Waals surface area (Å²) < 4.78 is 123. The summed E-state index contributed by atoms with van der Waals surface area (Å²) in [6.45, 7) is 4.97. The summed E-state index contributed by atoms with van der Waals surface area (Å²) in [6.07, 6.45) is -16.0. The highest BCUT2D eigenvalue weighted by atomic mass is 16.8. The van der Waals surface area contributed by atoms with E-state index in [9.17, 15) is 5.11 Å². The van der Waals surface area contributed by atoms with E-state index in [0.29, 0.717) is 11.5 Å². The summed E-state index contributed by atoms with van der Waals surface area (Å²) in [5.74, 6) is 1.22. The Balaban J connectivity index is 0.937. The van der Waals surface area contributed by atoms with Crippen molar-refractivity contribution in [3.63, 3.8) is 0 Å². The molecule has 0 unspecified atom stereocenters. The van der Waals surface area contributed by atoms with Crippen molar-refractivity contribution in [3.05, 3.63) is 384 Å². The number of hydrogen-bond acceptors (Lipinski definition) is 18. The van der Waals surface area contributed by atoms with Gasteiger partial charge in [-0.3, -0.25) is 0 Å². The summed E-state index contributed by atoms with van der Waals surface area (Å²) in [5.41, 5.74) is 10.8. The molecule has 14 rings (SSSR count). The van der Waals surface area contributed by atoms with E-state index in [1.54, 1.807) is 20.3 Å². The van der Waals surface area contributed by atoms with Crippen LogP contribution in [0.1, 0.15) is 55.6 Å². The molecule has 18 nitrogen and oxygen atoms in total. The molecule has 3 aliphatic rings. The lowest BCUT2D eigenvalue weighted by molar-refractivity contribution is -0.383. The maximum atomic E-state index is 12.0. The van der Waals surface area contributed by atoms with Gasteiger partial charge in [-0.2, -0.15) is 0 Å². The molecule has 18 heteroatoms. The fourth-order valence-corrected chi connectivity index (χ4v) is 15.1. The van der Waals surface area contributed by atoms with Crippen molar-refractivity contribution in [2.75, 3.05) is 34.0 Å². The molecular formula is C99H104O18. The first-order valence-corrected chi connectivity index (χ1v) is 40.1. The smallest absolute Gasteiger partial charge is 0.187 e. The van der Waals surface area contributed by atoms with Crippen molar-refractivity contribution >= 4 is 0 Å². The van der Waals surface area contributed by atoms with Crippen LogP contribution in [0.2, 0.25) is 0 Å². The average molecular weight is 1580 g/mol. The van der Waals surface area contributed by atoms with Crippen molar-refractivity contribution in [2.24, 2.45) is 0 Å². The van der Waals surface area contributed by atoms with E-state index in [-0.39, 0.29) is 79.3 Å². The van der Waals surface area contributed by atoms with E-state index in [1.807, 2.05) is 315 Å². The van der Waals surface area contributed by atoms with Crippen LogP contribution >= 0.6 is 0 Å². The maximum Gasteiger partial charge on any atom is 0.187 e. The number of hydrogen-bond donors (Lipinski definition) is 1. The lowest BCUT2D eigenvalue weighted by Gasteiger charge is -2.53. The maximum absolute atomic E-state index is 12.0. The highest BCUT2D eigenvalue weighted by molar-refractivity contribution is 5.67. The van der Waals surface area contributed by atoms with E-state index in [2.05, 4.69) is 6.58 Å². The fraction of sp³-hybridized carbons (Fsp3) is 0.313. The normalized spacial score (nSPS) is 23.9. The largest absolute Gasteiger partial charge is 0.493 e. The Morgan fingerprint density at radius 1 is 0.274 bits per heavy atom. The monoisotopic (exact) mass is 1580 g/mol. The molecule has 3 fully saturated rings. The first-order valence-electron chi connectivity index (χ1n) is 40.1. The first-order chi connectivity index (χ1) is 57.8. The second-order valence-corrected chi connectivity index (χ2v) is 29.2. The zero-order valence-corrected chi connectivity index (χ0v) is 66.1. The van der Waals surface area contributed by atoms with Crippen LogP contribution in [-0.2, 0) is 137 Å². The average Bonchev–Trinajstić information content (AvgIpc) is 0.747. The Morgan fingerprint density at radius 2 is 0.538 bits per heavy atom. The molecule has 11 aromatic carbocycles. The molecule has 608 valence electrons. The summed E-state index contributed by atoms with van der Waals surface area (Å²) >= 11 is 0. The SMILES string of the molecule is C=CCO[C@@H]1[C@H](O[C@H]2O[C@H](CO)[C@@H](OCc3ccccc3)[C@H](OCc3ccccc3)[C@@H]2OCc2ccccc2)[C@H](OCc2ccc(-c3ccc(OC)c(OC)c3)cc2)[C@@H](OCc2ccccc2)[C@H](OCc2ccccc2)[C@H]1O[C@H]1O[C@H](COCc2ccccc2)[C@@H](OCc2ccccc2)[C@H](OCc2ccccc2)[C@@H]1OCc1ccccc1. The molecule has 2 heterocycles. The zero-order valence-electron chi connectivity index (χ0n) is 66.1. The van der Waals surface area contributed by atoms with Crippen LogP contribution in [0.5, 0.6) is 11.5 Å². The molecule has 16 atom stereocenters. The Labute approximate surface area is 686 Å². The topological polar surface area (TPSA) is 177 Å². The number of aliphatic hydroxyl groups excluding tert-OH is 1. The van der Waals surface area contributed by atoms with E-state index >= 15 is 0 Å². The van der Waals surface area contributed by atoms with Gasteiger partial charge in [-0.05, 0) is 78.9 Å². The third-order valence-corrected chi connectivity index (χ3v) is 21.1. The van der Waals surface area contributed by atoms with E-state index < -0.39 is 105 Å². The zero-order chi connectivity index (χ0) is 80.0.